The van der Waals surface area contributed by atoms with Gasteiger partial charge in [0.15, 0.2) is 5.43 Å². The number of H-pyrrole nitrogens is 1. The summed E-state index contributed by atoms with van der Waals surface area (Å²) in [4.78, 5) is 25.6. The van der Waals surface area contributed by atoms with E-state index in [2.05, 4.69) is 32.9 Å². The van der Waals surface area contributed by atoms with Gasteiger partial charge in [0.05, 0.1) is 0 Å². The van der Waals surface area contributed by atoms with Crippen LogP contribution < -0.4 is 10.7 Å². The van der Waals surface area contributed by atoms with Crippen LogP contribution in [-0.2, 0) is 0 Å². The van der Waals surface area contributed by atoms with E-state index in [4.69, 9.17) is 0 Å². The van der Waals surface area contributed by atoms with Crippen LogP contribution in [0.5, 0.6) is 0 Å². The number of rotatable bonds is 3. The van der Waals surface area contributed by atoms with Crippen LogP contribution in [0.15, 0.2) is 17.1 Å². The van der Waals surface area contributed by atoms with Crippen molar-refractivity contribution in [2.75, 3.05) is 11.0 Å². The SMILES string of the molecule is Cc1cc(=O)c(C(=O)NCCI)c[nH]1. The van der Waals surface area contributed by atoms with Crippen LogP contribution in [0.3, 0.4) is 0 Å². The van der Waals surface area contributed by atoms with Crippen LogP contribution in [0.25, 0.3) is 0 Å². The van der Waals surface area contributed by atoms with Crippen molar-refractivity contribution < 1.29 is 4.79 Å². The van der Waals surface area contributed by atoms with Crippen LogP contribution in [0.2, 0.25) is 0 Å². The zero-order valence-electron chi connectivity index (χ0n) is 7.76. The molecule has 0 saturated heterocycles. The number of halogens is 1. The van der Waals surface area contributed by atoms with Gasteiger partial charge in [-0.25, -0.2) is 0 Å². The molecule has 0 unspecified atom stereocenters. The molecule has 76 valence electrons. The van der Waals surface area contributed by atoms with E-state index in [1.807, 2.05) is 0 Å². The van der Waals surface area contributed by atoms with Gasteiger partial charge in [0.2, 0.25) is 0 Å². The maximum absolute atomic E-state index is 11.4. The number of alkyl halides is 1. The number of hydrogen-bond donors (Lipinski definition) is 2. The van der Waals surface area contributed by atoms with Gasteiger partial charge >= 0.3 is 0 Å². The van der Waals surface area contributed by atoms with Crippen LogP contribution in [0, 0.1) is 6.92 Å². The Hall–Kier alpha value is -0.850. The van der Waals surface area contributed by atoms with Crippen molar-refractivity contribution in [3.8, 4) is 0 Å². The molecule has 1 amide bonds. The van der Waals surface area contributed by atoms with E-state index < -0.39 is 0 Å². The first kappa shape index (κ1) is 11.2. The summed E-state index contributed by atoms with van der Waals surface area (Å²) >= 11 is 2.15. The van der Waals surface area contributed by atoms with Gasteiger partial charge in [0.1, 0.15) is 5.56 Å². The van der Waals surface area contributed by atoms with E-state index >= 15 is 0 Å². The van der Waals surface area contributed by atoms with E-state index in [0.717, 1.165) is 10.1 Å². The first-order chi connectivity index (χ1) is 6.65. The summed E-state index contributed by atoms with van der Waals surface area (Å²) in [5.74, 6) is -0.317. The Balaban J connectivity index is 2.85. The third kappa shape index (κ3) is 2.83. The number of hydrogen-bond acceptors (Lipinski definition) is 2. The highest BCUT2D eigenvalue weighted by molar-refractivity contribution is 14.1. The maximum atomic E-state index is 11.4. The Bertz CT molecular complexity index is 387. The summed E-state index contributed by atoms with van der Waals surface area (Å²) in [7, 11) is 0. The Morgan fingerprint density at radius 1 is 1.64 bits per heavy atom. The number of amides is 1. The number of aromatic amines is 1. The molecule has 1 aromatic rings. The molecule has 1 rings (SSSR count). The minimum absolute atomic E-state index is 0.167. The molecule has 5 heteroatoms. The van der Waals surface area contributed by atoms with E-state index in [1.54, 1.807) is 6.92 Å². The molecule has 0 aliphatic rings. The number of aromatic nitrogens is 1. The Morgan fingerprint density at radius 2 is 2.36 bits per heavy atom. The quantitative estimate of drug-likeness (QED) is 0.642. The molecule has 1 heterocycles. The second-order valence-corrected chi connectivity index (χ2v) is 3.92. The molecular formula is C9H11IN2O2. The van der Waals surface area contributed by atoms with Gasteiger partial charge in [0.25, 0.3) is 5.91 Å². The maximum Gasteiger partial charge on any atom is 0.256 e. The van der Waals surface area contributed by atoms with E-state index in [-0.39, 0.29) is 16.9 Å². The van der Waals surface area contributed by atoms with Crippen LogP contribution in [-0.4, -0.2) is 21.9 Å². The first-order valence-corrected chi connectivity index (χ1v) is 5.71. The smallest absolute Gasteiger partial charge is 0.256 e. The lowest BCUT2D eigenvalue weighted by molar-refractivity contribution is 0.0955. The van der Waals surface area contributed by atoms with E-state index in [1.165, 1.54) is 12.3 Å². The number of carbonyl (C=O) groups excluding carboxylic acids is 1. The van der Waals surface area contributed by atoms with Gasteiger partial charge in [0, 0.05) is 28.9 Å². The van der Waals surface area contributed by atoms with Crippen molar-refractivity contribution in [1.82, 2.24) is 10.3 Å². The third-order valence-electron chi connectivity index (χ3n) is 1.68. The molecule has 0 aliphatic carbocycles. The fourth-order valence-electron chi connectivity index (χ4n) is 1.01. The van der Waals surface area contributed by atoms with Crippen LogP contribution in [0.1, 0.15) is 16.1 Å². The molecule has 0 radical (unpaired) electrons. The summed E-state index contributed by atoms with van der Waals surface area (Å²) in [6.07, 6.45) is 1.44. The standard InChI is InChI=1S/C9H11IN2O2/c1-6-4-8(13)7(5-12-6)9(14)11-3-2-10/h4-5H,2-3H2,1H3,(H,11,14)(H,12,13). The molecule has 14 heavy (non-hydrogen) atoms. The molecule has 0 saturated carbocycles. The molecule has 0 bridgehead atoms. The van der Waals surface area contributed by atoms with Crippen LogP contribution in [0.4, 0.5) is 0 Å². The second-order valence-electron chi connectivity index (χ2n) is 2.84. The molecule has 4 nitrogen and oxygen atoms in total. The Morgan fingerprint density at radius 3 is 2.93 bits per heavy atom. The van der Waals surface area contributed by atoms with E-state index in [9.17, 15) is 9.59 Å². The van der Waals surface area contributed by atoms with Crippen molar-refractivity contribution in [2.24, 2.45) is 0 Å². The van der Waals surface area contributed by atoms with Crippen molar-refractivity contribution >= 4 is 28.5 Å². The van der Waals surface area contributed by atoms with Gasteiger partial charge < -0.3 is 10.3 Å². The number of carbonyl (C=O) groups is 1. The molecule has 0 spiro atoms. The molecule has 1 aromatic heterocycles. The molecule has 0 atom stereocenters. The Labute approximate surface area is 95.2 Å². The fraction of sp³-hybridized carbons (Fsp3) is 0.333. The molecular weight excluding hydrogens is 295 g/mol. The third-order valence-corrected chi connectivity index (χ3v) is 2.22. The lowest BCUT2D eigenvalue weighted by Crippen LogP contribution is -2.29. The molecule has 0 aromatic carbocycles. The number of pyridine rings is 1. The average molecular weight is 306 g/mol. The second kappa shape index (κ2) is 5.14. The highest BCUT2D eigenvalue weighted by atomic mass is 127. The summed E-state index contributed by atoms with van der Waals surface area (Å²) < 4.78 is 0.827. The number of aryl methyl sites for hydroxylation is 1. The van der Waals surface area contributed by atoms with Crippen LogP contribution >= 0.6 is 22.6 Å². The summed E-state index contributed by atoms with van der Waals surface area (Å²) in [6, 6.07) is 1.42. The topological polar surface area (TPSA) is 62.0 Å². The lowest BCUT2D eigenvalue weighted by Gasteiger charge is -2.02. The van der Waals surface area contributed by atoms with Gasteiger partial charge in [-0.05, 0) is 6.92 Å². The van der Waals surface area contributed by atoms with Crippen molar-refractivity contribution in [3.63, 3.8) is 0 Å². The predicted octanol–water partition coefficient (Wildman–Crippen LogP) is 0.848. The summed E-state index contributed by atoms with van der Waals surface area (Å²) in [5.41, 5.74) is 0.674. The highest BCUT2D eigenvalue weighted by Crippen LogP contribution is 1.92. The fourth-order valence-corrected chi connectivity index (χ4v) is 1.28. The lowest BCUT2D eigenvalue weighted by atomic mass is 10.2. The normalized spacial score (nSPS) is 9.86. The minimum atomic E-state index is -0.317. The zero-order chi connectivity index (χ0) is 10.6. The molecule has 0 aliphatic heterocycles. The summed E-state index contributed by atoms with van der Waals surface area (Å²) in [6.45, 7) is 2.35. The van der Waals surface area contributed by atoms with Gasteiger partial charge in [-0.1, -0.05) is 22.6 Å². The van der Waals surface area contributed by atoms with Gasteiger partial charge in [-0.3, -0.25) is 9.59 Å². The van der Waals surface area contributed by atoms with Crippen molar-refractivity contribution in [2.45, 2.75) is 6.92 Å². The van der Waals surface area contributed by atoms with Crippen molar-refractivity contribution in [1.29, 1.82) is 0 Å². The minimum Gasteiger partial charge on any atom is -0.364 e. The first-order valence-electron chi connectivity index (χ1n) is 4.18. The van der Waals surface area contributed by atoms with Gasteiger partial charge in [-0.2, -0.15) is 0 Å². The highest BCUT2D eigenvalue weighted by Gasteiger charge is 2.08. The predicted molar refractivity (Wildman–Crippen MR) is 63.0 cm³/mol. The van der Waals surface area contributed by atoms with E-state index in [0.29, 0.717) is 6.54 Å². The largest absolute Gasteiger partial charge is 0.364 e. The average Bonchev–Trinajstić information content (AvgIpc) is 2.14. The van der Waals surface area contributed by atoms with Gasteiger partial charge in [-0.15, -0.1) is 0 Å². The molecule has 0 fully saturated rings. The monoisotopic (exact) mass is 306 g/mol. The number of nitrogens with one attached hydrogen (secondary N) is 2. The zero-order valence-corrected chi connectivity index (χ0v) is 9.92. The van der Waals surface area contributed by atoms with Crippen molar-refractivity contribution in [3.05, 3.63) is 33.7 Å². The summed E-state index contributed by atoms with van der Waals surface area (Å²) in [5, 5.41) is 2.64. The Kier molecular flexibility index (Phi) is 4.12. The molecule has 2 N–H and O–H groups in total.